The minimum atomic E-state index is -1.08. The molecule has 0 unspecified atom stereocenters. The van der Waals surface area contributed by atoms with E-state index in [2.05, 4.69) is 0 Å². The van der Waals surface area contributed by atoms with E-state index in [9.17, 15) is 14.7 Å². The molecule has 30 heavy (non-hydrogen) atoms. The summed E-state index contributed by atoms with van der Waals surface area (Å²) in [4.78, 5) is 25.8. The highest BCUT2D eigenvalue weighted by Gasteiger charge is 2.16. The number of hydrogen-bond donors (Lipinski definition) is 1. The molecule has 0 amide bonds. The number of ketones is 1. The molecule has 6 heteroatoms. The minimum Gasteiger partial charge on any atom is -0.503 e. The molecule has 0 bridgehead atoms. The fourth-order valence-electron chi connectivity index (χ4n) is 2.93. The SMILES string of the molecule is COC=C(C(=O)O)c1ccccc1COc1cc(C)c(C(=O)C=CN(C)C)cc1C. The Morgan fingerprint density at radius 1 is 1.07 bits per heavy atom. The van der Waals surface area contributed by atoms with E-state index in [0.29, 0.717) is 22.4 Å². The van der Waals surface area contributed by atoms with Crippen molar-refractivity contribution in [3.8, 4) is 5.75 Å². The number of allylic oxidation sites excluding steroid dienone is 1. The Morgan fingerprint density at radius 2 is 1.77 bits per heavy atom. The molecule has 0 heterocycles. The number of ether oxygens (including phenoxy) is 2. The van der Waals surface area contributed by atoms with Crippen LogP contribution in [0.2, 0.25) is 0 Å². The second kappa shape index (κ2) is 10.3. The van der Waals surface area contributed by atoms with Gasteiger partial charge in [0.25, 0.3) is 0 Å². The molecule has 0 saturated carbocycles. The molecular formula is C24H27NO5. The lowest BCUT2D eigenvalue weighted by atomic mass is 10.00. The monoisotopic (exact) mass is 409 g/mol. The van der Waals surface area contributed by atoms with Crippen LogP contribution < -0.4 is 4.74 Å². The zero-order valence-corrected chi connectivity index (χ0v) is 17.9. The van der Waals surface area contributed by atoms with Gasteiger partial charge in [0.05, 0.1) is 13.4 Å². The number of carbonyl (C=O) groups is 2. The summed E-state index contributed by atoms with van der Waals surface area (Å²) in [6.45, 7) is 3.92. The molecule has 0 aliphatic heterocycles. The molecule has 0 aliphatic rings. The number of carbonyl (C=O) groups excluding carboxylic acids is 1. The molecule has 2 rings (SSSR count). The van der Waals surface area contributed by atoms with Gasteiger partial charge in [-0.05, 0) is 48.2 Å². The fourth-order valence-corrected chi connectivity index (χ4v) is 2.93. The van der Waals surface area contributed by atoms with Crippen LogP contribution in [0.25, 0.3) is 5.57 Å². The van der Waals surface area contributed by atoms with Gasteiger partial charge in [-0.15, -0.1) is 0 Å². The van der Waals surface area contributed by atoms with Crippen molar-refractivity contribution >= 4 is 17.3 Å². The first-order chi connectivity index (χ1) is 14.2. The van der Waals surface area contributed by atoms with Crippen LogP contribution in [0.4, 0.5) is 0 Å². The predicted octanol–water partition coefficient (Wildman–Crippen LogP) is 4.21. The van der Waals surface area contributed by atoms with Gasteiger partial charge in [0.2, 0.25) is 0 Å². The van der Waals surface area contributed by atoms with Crippen LogP contribution in [0.5, 0.6) is 5.75 Å². The minimum absolute atomic E-state index is 0.0539. The molecule has 0 spiro atoms. The van der Waals surface area contributed by atoms with E-state index < -0.39 is 5.97 Å². The maximum absolute atomic E-state index is 12.4. The van der Waals surface area contributed by atoms with Gasteiger partial charge < -0.3 is 19.5 Å². The van der Waals surface area contributed by atoms with Crippen LogP contribution in [0, 0.1) is 13.8 Å². The molecule has 1 N–H and O–H groups in total. The number of methoxy groups -OCH3 is 1. The van der Waals surface area contributed by atoms with E-state index in [1.54, 1.807) is 23.2 Å². The van der Waals surface area contributed by atoms with Crippen molar-refractivity contribution in [2.24, 2.45) is 0 Å². The Bertz CT molecular complexity index is 989. The van der Waals surface area contributed by atoms with Crippen LogP contribution in [0.1, 0.15) is 32.6 Å². The van der Waals surface area contributed by atoms with Crippen LogP contribution in [-0.2, 0) is 16.1 Å². The van der Waals surface area contributed by atoms with E-state index in [0.717, 1.165) is 11.1 Å². The number of carboxylic acid groups (broad SMARTS) is 1. The van der Waals surface area contributed by atoms with Crippen molar-refractivity contribution < 1.29 is 24.2 Å². The van der Waals surface area contributed by atoms with E-state index in [1.165, 1.54) is 19.4 Å². The molecule has 2 aromatic carbocycles. The lowest BCUT2D eigenvalue weighted by molar-refractivity contribution is -0.130. The highest BCUT2D eigenvalue weighted by molar-refractivity contribution is 6.15. The number of aliphatic carboxylic acids is 1. The third-order valence-electron chi connectivity index (χ3n) is 4.47. The maximum atomic E-state index is 12.4. The number of rotatable bonds is 9. The Labute approximate surface area is 177 Å². The zero-order chi connectivity index (χ0) is 22.3. The molecule has 0 atom stereocenters. The largest absolute Gasteiger partial charge is 0.503 e. The lowest BCUT2D eigenvalue weighted by Crippen LogP contribution is -2.07. The third-order valence-corrected chi connectivity index (χ3v) is 4.47. The zero-order valence-electron chi connectivity index (χ0n) is 17.9. The molecule has 0 radical (unpaired) electrons. The van der Waals surface area contributed by atoms with Crippen molar-refractivity contribution in [3.05, 3.63) is 82.8 Å². The van der Waals surface area contributed by atoms with Crippen molar-refractivity contribution in [1.82, 2.24) is 4.90 Å². The number of benzene rings is 2. The number of hydrogen-bond acceptors (Lipinski definition) is 5. The van der Waals surface area contributed by atoms with Crippen LogP contribution in [0.15, 0.2) is 54.9 Å². The Kier molecular flexibility index (Phi) is 7.81. The van der Waals surface area contributed by atoms with E-state index in [4.69, 9.17) is 9.47 Å². The summed E-state index contributed by atoms with van der Waals surface area (Å²) in [5, 5.41) is 9.48. The number of carboxylic acids is 1. The summed E-state index contributed by atoms with van der Waals surface area (Å²) < 4.78 is 10.9. The first-order valence-electron chi connectivity index (χ1n) is 9.42. The van der Waals surface area contributed by atoms with Gasteiger partial charge in [0.15, 0.2) is 5.78 Å². The van der Waals surface area contributed by atoms with Crippen LogP contribution in [0.3, 0.4) is 0 Å². The van der Waals surface area contributed by atoms with Gasteiger partial charge >= 0.3 is 5.97 Å². The summed E-state index contributed by atoms with van der Waals surface area (Å²) in [6.07, 6.45) is 4.46. The molecule has 0 aromatic heterocycles. The molecule has 0 fully saturated rings. The Hall–Kier alpha value is -3.54. The highest BCUT2D eigenvalue weighted by atomic mass is 16.5. The average molecular weight is 409 g/mol. The van der Waals surface area contributed by atoms with E-state index in [-0.39, 0.29) is 18.0 Å². The standard InChI is InChI=1S/C24H27NO5/c1-16-13-23(17(2)12-20(16)22(26)10-11-25(3)4)30-14-18-8-6-7-9-19(18)21(15-29-5)24(27)28/h6-13,15H,14H2,1-5H3,(H,27,28). The van der Waals surface area contributed by atoms with Crippen molar-refractivity contribution in [2.45, 2.75) is 20.5 Å². The first-order valence-corrected chi connectivity index (χ1v) is 9.42. The summed E-state index contributed by atoms with van der Waals surface area (Å²) in [6, 6.07) is 10.8. The fraction of sp³-hybridized carbons (Fsp3) is 0.250. The van der Waals surface area contributed by atoms with Gasteiger partial charge in [0, 0.05) is 31.9 Å². The summed E-state index contributed by atoms with van der Waals surface area (Å²) >= 11 is 0. The molecule has 158 valence electrons. The van der Waals surface area contributed by atoms with Gasteiger partial charge in [-0.1, -0.05) is 24.3 Å². The lowest BCUT2D eigenvalue weighted by Gasteiger charge is -2.15. The average Bonchev–Trinajstić information content (AvgIpc) is 2.70. The second-order valence-electron chi connectivity index (χ2n) is 7.09. The third kappa shape index (κ3) is 5.73. The topological polar surface area (TPSA) is 76.1 Å². The van der Waals surface area contributed by atoms with Crippen molar-refractivity contribution in [2.75, 3.05) is 21.2 Å². The van der Waals surface area contributed by atoms with Crippen molar-refractivity contribution in [1.29, 1.82) is 0 Å². The molecule has 2 aromatic rings. The predicted molar refractivity (Wildman–Crippen MR) is 116 cm³/mol. The smallest absolute Gasteiger partial charge is 0.339 e. The molecule has 0 saturated heterocycles. The van der Waals surface area contributed by atoms with Gasteiger partial charge in [-0.3, -0.25) is 4.79 Å². The summed E-state index contributed by atoms with van der Waals surface area (Å²) in [5.74, 6) is -0.509. The summed E-state index contributed by atoms with van der Waals surface area (Å²) in [7, 11) is 5.12. The van der Waals surface area contributed by atoms with Crippen molar-refractivity contribution in [3.63, 3.8) is 0 Å². The first kappa shape index (κ1) is 22.7. The van der Waals surface area contributed by atoms with Crippen LogP contribution in [-0.4, -0.2) is 43.0 Å². The second-order valence-corrected chi connectivity index (χ2v) is 7.09. The highest BCUT2D eigenvalue weighted by Crippen LogP contribution is 2.26. The van der Waals surface area contributed by atoms with Gasteiger partial charge in [0.1, 0.15) is 17.9 Å². The van der Waals surface area contributed by atoms with Crippen LogP contribution >= 0.6 is 0 Å². The van der Waals surface area contributed by atoms with Gasteiger partial charge in [-0.2, -0.15) is 0 Å². The molecule has 6 nitrogen and oxygen atoms in total. The Balaban J connectivity index is 2.27. The van der Waals surface area contributed by atoms with E-state index >= 15 is 0 Å². The Morgan fingerprint density at radius 3 is 2.40 bits per heavy atom. The molecular weight excluding hydrogens is 382 g/mol. The van der Waals surface area contributed by atoms with E-state index in [1.807, 2.05) is 52.2 Å². The number of nitrogens with zero attached hydrogens (tertiary/aromatic N) is 1. The quantitative estimate of drug-likeness (QED) is 0.380. The summed E-state index contributed by atoms with van der Waals surface area (Å²) in [5.41, 5.74) is 3.55. The number of aryl methyl sites for hydroxylation is 2. The van der Waals surface area contributed by atoms with Gasteiger partial charge in [-0.25, -0.2) is 4.79 Å². The normalized spacial score (nSPS) is 11.4. The molecule has 0 aliphatic carbocycles. The maximum Gasteiger partial charge on any atom is 0.339 e.